The molecule has 0 unspecified atom stereocenters. The smallest absolute Gasteiger partial charge is 0.122 e. The number of hydrogen-bond donors (Lipinski definition) is 2. The van der Waals surface area contributed by atoms with Gasteiger partial charge in [0.25, 0.3) is 0 Å². The highest BCUT2D eigenvalue weighted by Crippen LogP contribution is 2.23. The molecule has 0 fully saturated rings. The highest BCUT2D eigenvalue weighted by atomic mass is 16.5. The zero-order valence-corrected chi connectivity index (χ0v) is 11.2. The third kappa shape index (κ3) is 4.36. The molecule has 3 N–H and O–H groups in total. The molecule has 0 heterocycles. The van der Waals surface area contributed by atoms with Gasteiger partial charge < -0.3 is 15.8 Å². The van der Waals surface area contributed by atoms with Crippen molar-refractivity contribution in [1.29, 1.82) is 0 Å². The van der Waals surface area contributed by atoms with Gasteiger partial charge in [-0.2, -0.15) is 0 Å². The second kappa shape index (κ2) is 7.30. The van der Waals surface area contributed by atoms with E-state index >= 15 is 0 Å². The molecule has 17 heavy (non-hydrogen) atoms. The quantitative estimate of drug-likeness (QED) is 0.710. The van der Waals surface area contributed by atoms with E-state index in [1.807, 2.05) is 0 Å². The van der Waals surface area contributed by atoms with Gasteiger partial charge in [0.2, 0.25) is 0 Å². The molecule has 0 amide bonds. The van der Waals surface area contributed by atoms with Crippen LogP contribution in [0.4, 0.5) is 0 Å². The lowest BCUT2D eigenvalue weighted by Gasteiger charge is -2.12. The highest BCUT2D eigenvalue weighted by molar-refractivity contribution is 5.41. The topological polar surface area (TPSA) is 47.3 Å². The Balaban J connectivity index is 2.54. The predicted octanol–water partition coefficient (Wildman–Crippen LogP) is 1.79. The van der Waals surface area contributed by atoms with Crippen LogP contribution in [-0.2, 0) is 6.42 Å². The van der Waals surface area contributed by atoms with E-state index in [1.54, 1.807) is 7.11 Å². The third-order valence-corrected chi connectivity index (χ3v) is 3.03. The maximum absolute atomic E-state index is 5.44. The summed E-state index contributed by atoms with van der Waals surface area (Å²) >= 11 is 0. The third-order valence-electron chi connectivity index (χ3n) is 3.03. The van der Waals surface area contributed by atoms with Gasteiger partial charge in [-0.05, 0) is 69.1 Å². The van der Waals surface area contributed by atoms with Crippen molar-refractivity contribution in [2.75, 3.05) is 26.7 Å². The number of nitrogens with two attached hydrogens (primary N) is 1. The van der Waals surface area contributed by atoms with Crippen molar-refractivity contribution >= 4 is 0 Å². The minimum absolute atomic E-state index is 0.750. The first-order chi connectivity index (χ1) is 8.19. The van der Waals surface area contributed by atoms with Gasteiger partial charge in [0.15, 0.2) is 0 Å². The van der Waals surface area contributed by atoms with Crippen LogP contribution in [0.3, 0.4) is 0 Å². The van der Waals surface area contributed by atoms with E-state index in [1.165, 1.54) is 16.7 Å². The van der Waals surface area contributed by atoms with Gasteiger partial charge in [0.1, 0.15) is 5.75 Å². The Morgan fingerprint density at radius 2 is 1.88 bits per heavy atom. The molecule has 0 atom stereocenters. The average Bonchev–Trinajstić information content (AvgIpc) is 2.33. The standard InChI is InChI=1S/C14H24N2O/c1-11-9-13(5-8-16-7-4-6-15)14(17-3)10-12(11)2/h9-10,16H,4-8,15H2,1-3H3. The first-order valence-corrected chi connectivity index (χ1v) is 6.24. The first-order valence-electron chi connectivity index (χ1n) is 6.24. The molecule has 0 bridgehead atoms. The normalized spacial score (nSPS) is 10.6. The van der Waals surface area contributed by atoms with E-state index in [0.717, 1.165) is 38.2 Å². The fraction of sp³-hybridized carbons (Fsp3) is 0.571. The fourth-order valence-electron chi connectivity index (χ4n) is 1.81. The fourth-order valence-corrected chi connectivity index (χ4v) is 1.81. The summed E-state index contributed by atoms with van der Waals surface area (Å²) in [5.41, 5.74) is 9.32. The van der Waals surface area contributed by atoms with Gasteiger partial charge in [-0.15, -0.1) is 0 Å². The first kappa shape index (κ1) is 14.0. The number of hydrogen-bond acceptors (Lipinski definition) is 3. The molecule has 3 nitrogen and oxygen atoms in total. The van der Waals surface area contributed by atoms with Crippen molar-refractivity contribution in [2.45, 2.75) is 26.7 Å². The number of aryl methyl sites for hydroxylation is 2. The second-order valence-electron chi connectivity index (χ2n) is 4.39. The SMILES string of the molecule is COc1cc(C)c(C)cc1CCNCCCN. The predicted molar refractivity (Wildman–Crippen MR) is 72.7 cm³/mol. The Bertz CT molecular complexity index is 350. The summed E-state index contributed by atoms with van der Waals surface area (Å²) in [6.45, 7) is 6.96. The van der Waals surface area contributed by atoms with Crippen LogP contribution in [-0.4, -0.2) is 26.7 Å². The second-order valence-corrected chi connectivity index (χ2v) is 4.39. The van der Waals surface area contributed by atoms with Crippen molar-refractivity contribution in [1.82, 2.24) is 5.32 Å². The molecule has 1 aromatic carbocycles. The zero-order valence-electron chi connectivity index (χ0n) is 11.2. The Morgan fingerprint density at radius 1 is 1.18 bits per heavy atom. The molecule has 0 radical (unpaired) electrons. The molecular weight excluding hydrogens is 212 g/mol. The lowest BCUT2D eigenvalue weighted by atomic mass is 10.0. The van der Waals surface area contributed by atoms with Gasteiger partial charge in [-0.25, -0.2) is 0 Å². The molecule has 96 valence electrons. The van der Waals surface area contributed by atoms with E-state index < -0.39 is 0 Å². The van der Waals surface area contributed by atoms with Gasteiger partial charge in [-0.3, -0.25) is 0 Å². The number of rotatable bonds is 7. The van der Waals surface area contributed by atoms with Crippen molar-refractivity contribution in [3.8, 4) is 5.75 Å². The Morgan fingerprint density at radius 3 is 2.53 bits per heavy atom. The summed E-state index contributed by atoms with van der Waals surface area (Å²) in [7, 11) is 1.73. The summed E-state index contributed by atoms with van der Waals surface area (Å²) < 4.78 is 5.41. The summed E-state index contributed by atoms with van der Waals surface area (Å²) in [6, 6.07) is 4.34. The van der Waals surface area contributed by atoms with Gasteiger partial charge in [0.05, 0.1) is 7.11 Å². The molecule has 0 aliphatic heterocycles. The molecule has 0 aliphatic rings. The lowest BCUT2D eigenvalue weighted by Crippen LogP contribution is -2.21. The monoisotopic (exact) mass is 236 g/mol. The average molecular weight is 236 g/mol. The van der Waals surface area contributed by atoms with Crippen LogP contribution in [0.2, 0.25) is 0 Å². The molecule has 0 saturated heterocycles. The Labute approximate surface area is 104 Å². The molecule has 0 saturated carbocycles. The molecule has 1 rings (SSSR count). The minimum atomic E-state index is 0.750. The minimum Gasteiger partial charge on any atom is -0.496 e. The van der Waals surface area contributed by atoms with Gasteiger partial charge in [0, 0.05) is 0 Å². The van der Waals surface area contributed by atoms with E-state index in [4.69, 9.17) is 10.5 Å². The number of methoxy groups -OCH3 is 1. The van der Waals surface area contributed by atoms with Crippen molar-refractivity contribution < 1.29 is 4.74 Å². The van der Waals surface area contributed by atoms with Crippen LogP contribution < -0.4 is 15.8 Å². The summed E-state index contributed by atoms with van der Waals surface area (Å²) in [4.78, 5) is 0. The van der Waals surface area contributed by atoms with E-state index in [-0.39, 0.29) is 0 Å². The van der Waals surface area contributed by atoms with Crippen LogP contribution in [0.1, 0.15) is 23.1 Å². The van der Waals surface area contributed by atoms with Crippen LogP contribution in [0, 0.1) is 13.8 Å². The molecule has 0 spiro atoms. The van der Waals surface area contributed by atoms with Gasteiger partial charge >= 0.3 is 0 Å². The molecule has 0 aromatic heterocycles. The summed E-state index contributed by atoms with van der Waals surface area (Å²) in [5.74, 6) is 0.994. The molecule has 0 aliphatic carbocycles. The zero-order chi connectivity index (χ0) is 12.7. The number of benzene rings is 1. The highest BCUT2D eigenvalue weighted by Gasteiger charge is 2.05. The molecule has 1 aromatic rings. The maximum Gasteiger partial charge on any atom is 0.122 e. The summed E-state index contributed by atoms with van der Waals surface area (Å²) in [6.07, 6.45) is 2.03. The van der Waals surface area contributed by atoms with E-state index in [9.17, 15) is 0 Å². The van der Waals surface area contributed by atoms with E-state index in [0.29, 0.717) is 0 Å². The van der Waals surface area contributed by atoms with Crippen molar-refractivity contribution in [2.24, 2.45) is 5.73 Å². The number of nitrogens with one attached hydrogen (secondary N) is 1. The van der Waals surface area contributed by atoms with Crippen LogP contribution >= 0.6 is 0 Å². The van der Waals surface area contributed by atoms with Gasteiger partial charge in [-0.1, -0.05) is 6.07 Å². The van der Waals surface area contributed by atoms with E-state index in [2.05, 4.69) is 31.3 Å². The van der Waals surface area contributed by atoms with Crippen LogP contribution in [0.5, 0.6) is 5.75 Å². The van der Waals surface area contributed by atoms with Crippen molar-refractivity contribution in [3.05, 3.63) is 28.8 Å². The van der Waals surface area contributed by atoms with Crippen LogP contribution in [0.25, 0.3) is 0 Å². The summed E-state index contributed by atoms with van der Waals surface area (Å²) in [5, 5.41) is 3.38. The van der Waals surface area contributed by atoms with Crippen molar-refractivity contribution in [3.63, 3.8) is 0 Å². The maximum atomic E-state index is 5.44. The largest absolute Gasteiger partial charge is 0.496 e. The Kier molecular flexibility index (Phi) is 6.01. The van der Waals surface area contributed by atoms with Crippen LogP contribution in [0.15, 0.2) is 12.1 Å². The molecular formula is C14H24N2O. The Hall–Kier alpha value is -1.06. The lowest BCUT2D eigenvalue weighted by molar-refractivity contribution is 0.408. The number of ether oxygens (including phenoxy) is 1. The molecule has 3 heteroatoms.